The van der Waals surface area contributed by atoms with Gasteiger partial charge in [-0.05, 0) is 78.9 Å². The van der Waals surface area contributed by atoms with Gasteiger partial charge in [-0.15, -0.1) is 44.5 Å². The fourth-order valence-corrected chi connectivity index (χ4v) is 12.9. The Kier molecular flexibility index (Phi) is 42.6. The Morgan fingerprint density at radius 1 is 0.484 bits per heavy atom. The summed E-state index contributed by atoms with van der Waals surface area (Å²) in [7, 11) is -34.5. The van der Waals surface area contributed by atoms with E-state index in [0.717, 1.165) is 56.4 Å². The van der Waals surface area contributed by atoms with Crippen LogP contribution in [0.4, 0.5) is 62.6 Å². The average molecular weight is 1530 g/mol. The van der Waals surface area contributed by atoms with E-state index in [4.69, 9.17) is 9.92 Å². The van der Waals surface area contributed by atoms with Crippen molar-refractivity contribution >= 4 is 163 Å². The zero-order chi connectivity index (χ0) is 64.8. The zero-order valence-electron chi connectivity index (χ0n) is 49.0. The number of rotatable bonds is 32. The fourth-order valence-electron chi connectivity index (χ4n) is 6.49. The van der Waals surface area contributed by atoms with Crippen LogP contribution in [0.5, 0.6) is 0 Å². The fraction of sp³-hybridized carbons (Fsp3) is 0.205. The monoisotopic (exact) mass is 1530 g/mol. The second kappa shape index (κ2) is 42.0. The summed E-state index contributed by atoms with van der Waals surface area (Å²) in [5.41, 5.74) is -0.340. The van der Waals surface area contributed by atoms with Gasteiger partial charge in [0.2, 0.25) is 16.3 Å². The third kappa shape index (κ3) is 29.5. The molecule has 5 rings (SSSR count). The first kappa shape index (κ1) is 94.5. The maximum Gasteiger partial charge on any atom is 1.00 e. The Morgan fingerprint density at radius 2 is 0.882 bits per heavy atom. The molecule has 0 atom stereocenters. The van der Waals surface area contributed by atoms with E-state index in [0.29, 0.717) is 36.4 Å². The molecule has 93 heavy (non-hydrogen) atoms. The molecule has 1 amide bonds. The Balaban J connectivity index is 0. The van der Waals surface area contributed by atoms with Gasteiger partial charge < -0.3 is 45.1 Å². The summed E-state index contributed by atoms with van der Waals surface area (Å²) in [6.07, 6.45) is 0. The van der Waals surface area contributed by atoms with Gasteiger partial charge in [-0.25, -0.2) is 58.9 Å². The van der Waals surface area contributed by atoms with Crippen molar-refractivity contribution in [2.45, 2.75) is 36.3 Å². The third-order valence-corrected chi connectivity index (χ3v) is 19.1. The number of hydrogen-bond acceptors (Lipinski definition) is 40. The number of carbonyl (C=O) groups excluding carboxylic acids is 1. The molecular weight excluding hydrogens is 1500 g/mol. The molecule has 5 aromatic carbocycles. The molecule has 5 aromatic rings. The van der Waals surface area contributed by atoms with Crippen molar-refractivity contribution in [1.82, 2.24) is 0 Å². The van der Waals surface area contributed by atoms with Crippen molar-refractivity contribution in [1.29, 1.82) is 0 Å². The molecule has 0 saturated carbocycles. The molecule has 0 heterocycles. The largest absolute Gasteiger partial charge is 1.00 e. The van der Waals surface area contributed by atoms with Crippen LogP contribution in [0.2, 0.25) is 0 Å². The summed E-state index contributed by atoms with van der Waals surface area (Å²) < 4.78 is 245. The number of azo groups is 4. The number of nitrogens with zero attached hydrogens (tertiary/aromatic N) is 8. The van der Waals surface area contributed by atoms with Gasteiger partial charge in [0, 0.05) is 14.0 Å². The van der Waals surface area contributed by atoms with Crippen molar-refractivity contribution in [3.63, 3.8) is 0 Å². The van der Waals surface area contributed by atoms with Gasteiger partial charge in [0.15, 0.2) is 54.2 Å². The van der Waals surface area contributed by atoms with Crippen LogP contribution >= 0.6 is 24.6 Å². The van der Waals surface area contributed by atoms with Crippen molar-refractivity contribution in [2.75, 3.05) is 60.5 Å². The smallest absolute Gasteiger partial charge is 0.744 e. The van der Waals surface area contributed by atoms with E-state index in [-0.39, 0.29) is 213 Å². The van der Waals surface area contributed by atoms with Gasteiger partial charge in [0.05, 0.1) is 89.2 Å². The van der Waals surface area contributed by atoms with Gasteiger partial charge >= 0.3 is 177 Å². The molecule has 474 valence electrons. The Bertz CT molecular complexity index is 4380. The Morgan fingerprint density at radius 3 is 1.32 bits per heavy atom. The van der Waals surface area contributed by atoms with Crippen LogP contribution in [-0.4, -0.2) is 127 Å². The normalized spacial score (nSPS) is 12.3. The van der Waals surface area contributed by atoms with Crippen LogP contribution in [0.15, 0.2) is 149 Å². The summed E-state index contributed by atoms with van der Waals surface area (Å²) in [6, 6.07) is 10.2. The average Bonchev–Trinajstić information content (AvgIpc) is 0.826. The molecule has 0 aromatic heterocycles. The number of benzene rings is 5. The maximum atomic E-state index is 13.0. The minimum absolute atomic E-state index is 0. The van der Waals surface area contributed by atoms with E-state index in [9.17, 15) is 92.4 Å². The van der Waals surface area contributed by atoms with E-state index in [1.165, 1.54) is 0 Å². The van der Waals surface area contributed by atoms with Crippen LogP contribution in [-0.2, 0) is 106 Å². The molecule has 0 spiro atoms. The maximum absolute atomic E-state index is 13.0. The Hall–Kier alpha value is -0.600. The van der Waals surface area contributed by atoms with Crippen molar-refractivity contribution in [3.8, 4) is 0 Å². The van der Waals surface area contributed by atoms with Gasteiger partial charge in [-0.1, -0.05) is 0 Å². The van der Waals surface area contributed by atoms with Crippen LogP contribution in [0.1, 0.15) is 6.92 Å². The number of carbonyl (C=O) groups is 1. The standard InChI is InChI=1S/C39H41N11O28S9.6Na/c1-22(51)42-29-19-31(36(86(66,67)68)21-30(29)46-43-23-3-5-24(6-4-23)81(54,55)14-11-72-79-77-75-52)47-48-32-20-33(49-44-27-9-7-25(17-34(27)84(60,61)62)82(56,57)15-12-73-80-78-76-53)38(41-2)39(37(32)40)50-45-28-10-8-26(18-35(28)85(63,64)65)83(58,59)16-13-74-87(69,70)71;;;;;;/h3-10,17-21,41,52-53H,11-16,40H2,1-2H3,(H,42,51)(H,60,61,62)(H,63,64,65)(H,66,67,68)(H,69,70,71);;;;;;/q;6*+1/p-6. The minimum atomic E-state index is -5.73. The number of nitrogens with one attached hydrogen (secondary N) is 2. The number of amides is 1. The van der Waals surface area contributed by atoms with Crippen LogP contribution in [0.3, 0.4) is 0 Å². The van der Waals surface area contributed by atoms with Crippen molar-refractivity contribution in [3.05, 3.63) is 78.9 Å². The van der Waals surface area contributed by atoms with Gasteiger partial charge in [-0.3, -0.25) is 27.4 Å². The summed E-state index contributed by atoms with van der Waals surface area (Å²) in [6.45, 7) is -1.36. The topological polar surface area (TPSA) is 608 Å². The van der Waals surface area contributed by atoms with Gasteiger partial charge in [0.25, 0.3) is 0 Å². The Labute approximate surface area is 671 Å². The number of nitrogen functional groups attached to an aromatic ring is 1. The predicted molar refractivity (Wildman–Crippen MR) is 284 cm³/mol. The van der Waals surface area contributed by atoms with E-state index >= 15 is 0 Å². The van der Waals surface area contributed by atoms with E-state index in [1.807, 2.05) is 0 Å². The predicted octanol–water partition coefficient (Wildman–Crippen LogP) is -14.9. The molecule has 4 N–H and O–H groups in total. The molecule has 0 fully saturated rings. The van der Waals surface area contributed by atoms with E-state index in [1.54, 1.807) is 0 Å². The first-order valence-corrected chi connectivity index (χ1v) is 34.2. The number of sulfone groups is 3. The molecule has 0 aliphatic rings. The zero-order valence-corrected chi connectivity index (χ0v) is 68.4. The molecule has 0 saturated heterocycles. The molecule has 39 nitrogen and oxygen atoms in total. The molecule has 0 radical (unpaired) electrons. The molecule has 0 aliphatic heterocycles. The van der Waals surface area contributed by atoms with Crippen LogP contribution in [0.25, 0.3) is 0 Å². The SMILES string of the molecule is CNc1c(N=Nc2ccc(S(=O)(=O)CCOSOO[O-])cc2S(=O)(=O)[O-])cc(N=Nc2cc(NC(C)=O)c(N=Nc3ccc(S(=O)(=O)CCOSOO[O-])cc3)cc2S(=O)(=O)[O-])c(N)c1N=Nc1ccc(S(=O)(=O)CCOS(=O)(=O)[O-])cc1S(=O)(=O)[O-].[Na+].[Na+].[Na+].[Na+].[Na+].[Na+]. The molecule has 0 aliphatic carbocycles. The van der Waals surface area contributed by atoms with Crippen LogP contribution in [0, 0.1) is 0 Å². The van der Waals surface area contributed by atoms with Crippen LogP contribution < -0.4 is 204 Å². The van der Waals surface area contributed by atoms with Crippen molar-refractivity contribution in [2.24, 2.45) is 40.9 Å². The minimum Gasteiger partial charge on any atom is -0.744 e. The molecule has 0 bridgehead atoms. The molecule has 0 unspecified atom stereocenters. The van der Waals surface area contributed by atoms with E-state index < -0.39 is 195 Å². The quantitative estimate of drug-likeness (QED) is 0.00414. The van der Waals surface area contributed by atoms with Gasteiger partial charge in [-0.2, -0.15) is 5.11 Å². The number of nitrogens with two attached hydrogens (primary N) is 1. The number of anilines is 3. The summed E-state index contributed by atoms with van der Waals surface area (Å²) in [5.74, 6) is -3.53. The summed E-state index contributed by atoms with van der Waals surface area (Å²) in [5, 5.41) is 61.7. The third-order valence-electron chi connectivity index (χ3n) is 10.2. The molecule has 54 heteroatoms. The second-order valence-electron chi connectivity index (χ2n) is 16.0. The van der Waals surface area contributed by atoms with Crippen molar-refractivity contribution < 1.29 is 301 Å². The second-order valence-corrected chi connectivity index (χ2v) is 28.4. The summed E-state index contributed by atoms with van der Waals surface area (Å²) in [4.78, 5) is 6.58. The first-order chi connectivity index (χ1) is 40.5. The van der Waals surface area contributed by atoms with E-state index in [2.05, 4.69) is 78.7 Å². The molecular formula is C39H35N11Na6O28S9. The number of hydrogen-bond donors (Lipinski definition) is 3. The summed E-state index contributed by atoms with van der Waals surface area (Å²) >= 11 is 0.0337. The van der Waals surface area contributed by atoms with Gasteiger partial charge in [0.1, 0.15) is 70.2 Å². The first-order valence-electron chi connectivity index (χ1n) is 22.3.